The Bertz CT molecular complexity index is 627. The van der Waals surface area contributed by atoms with Crippen LogP contribution in [0, 0.1) is 0 Å². The molecule has 0 aromatic heterocycles. The Labute approximate surface area is 154 Å². The summed E-state index contributed by atoms with van der Waals surface area (Å²) < 4.78 is 5.49. The molecule has 1 atom stereocenters. The molecule has 0 spiro atoms. The molecule has 25 heavy (non-hydrogen) atoms. The maximum absolute atomic E-state index is 12.6. The van der Waals surface area contributed by atoms with Gasteiger partial charge in [-0.1, -0.05) is 37.4 Å². The van der Waals surface area contributed by atoms with Crippen molar-refractivity contribution in [1.29, 1.82) is 0 Å². The first-order valence-corrected chi connectivity index (χ1v) is 9.14. The van der Waals surface area contributed by atoms with E-state index in [1.807, 2.05) is 32.9 Å². The lowest BCUT2D eigenvalue weighted by Gasteiger charge is -2.41. The van der Waals surface area contributed by atoms with Crippen molar-refractivity contribution in [3.63, 3.8) is 0 Å². The molecule has 0 unspecified atom stereocenters. The van der Waals surface area contributed by atoms with E-state index < -0.39 is 11.7 Å². The number of halogens is 1. The van der Waals surface area contributed by atoms with E-state index in [0.29, 0.717) is 11.6 Å². The van der Waals surface area contributed by atoms with Gasteiger partial charge in [-0.15, -0.1) is 0 Å². The van der Waals surface area contributed by atoms with Gasteiger partial charge in [0.1, 0.15) is 12.1 Å². The zero-order valence-electron chi connectivity index (χ0n) is 15.4. The normalized spacial score (nSPS) is 18.4. The zero-order valence-corrected chi connectivity index (χ0v) is 16.2. The van der Waals surface area contributed by atoms with E-state index in [-0.39, 0.29) is 18.5 Å². The third kappa shape index (κ3) is 5.36. The van der Waals surface area contributed by atoms with Crippen molar-refractivity contribution in [3.8, 4) is 0 Å². The highest BCUT2D eigenvalue weighted by Crippen LogP contribution is 2.26. The summed E-state index contributed by atoms with van der Waals surface area (Å²) in [7, 11) is 0. The fraction of sp³-hybridized carbons (Fsp3) is 0.579. The molecule has 1 aliphatic heterocycles. The Balaban J connectivity index is 2.20. The molecular formula is C19H27ClN2O3. The van der Waals surface area contributed by atoms with Gasteiger partial charge >= 0.3 is 6.09 Å². The van der Waals surface area contributed by atoms with E-state index in [0.717, 1.165) is 24.9 Å². The first-order valence-electron chi connectivity index (χ1n) is 8.77. The summed E-state index contributed by atoms with van der Waals surface area (Å²) in [5, 5.41) is 0.588. The fourth-order valence-electron chi connectivity index (χ4n) is 2.89. The molecule has 2 amide bonds. The maximum atomic E-state index is 12.6. The van der Waals surface area contributed by atoms with Crippen LogP contribution < -0.4 is 4.90 Å². The molecule has 0 radical (unpaired) electrons. The van der Waals surface area contributed by atoms with Crippen molar-refractivity contribution in [2.45, 2.75) is 58.6 Å². The minimum Gasteiger partial charge on any atom is -0.444 e. The van der Waals surface area contributed by atoms with Gasteiger partial charge in [0.05, 0.1) is 6.04 Å². The number of ether oxygens (including phenoxy) is 1. The molecule has 0 aliphatic carbocycles. The van der Waals surface area contributed by atoms with E-state index >= 15 is 0 Å². The number of piperazine rings is 1. The number of benzene rings is 1. The number of nitrogens with zero attached hydrogens (tertiary/aromatic N) is 2. The highest BCUT2D eigenvalue weighted by Gasteiger charge is 2.37. The lowest BCUT2D eigenvalue weighted by atomic mass is 10.0. The summed E-state index contributed by atoms with van der Waals surface area (Å²) in [6.07, 6.45) is 2.43. The van der Waals surface area contributed by atoms with Crippen molar-refractivity contribution in [3.05, 3.63) is 29.3 Å². The molecule has 138 valence electrons. The molecule has 1 fully saturated rings. The number of hydrogen-bond acceptors (Lipinski definition) is 3. The molecule has 2 rings (SSSR count). The van der Waals surface area contributed by atoms with Crippen LogP contribution in [0.25, 0.3) is 0 Å². The van der Waals surface area contributed by atoms with Gasteiger partial charge in [-0.25, -0.2) is 4.79 Å². The van der Waals surface area contributed by atoms with Crippen molar-refractivity contribution in [1.82, 2.24) is 4.90 Å². The Morgan fingerprint density at radius 1 is 1.36 bits per heavy atom. The van der Waals surface area contributed by atoms with Gasteiger partial charge in [-0.3, -0.25) is 9.69 Å². The van der Waals surface area contributed by atoms with Crippen LogP contribution in [0.4, 0.5) is 10.5 Å². The first-order chi connectivity index (χ1) is 11.7. The number of unbranched alkanes of at least 4 members (excludes halogenated alkanes) is 1. The van der Waals surface area contributed by atoms with Crippen molar-refractivity contribution in [2.24, 2.45) is 0 Å². The van der Waals surface area contributed by atoms with Gasteiger partial charge in [0.15, 0.2) is 0 Å². The van der Waals surface area contributed by atoms with Crippen molar-refractivity contribution < 1.29 is 14.3 Å². The lowest BCUT2D eigenvalue weighted by Crippen LogP contribution is -2.58. The summed E-state index contributed by atoms with van der Waals surface area (Å²) in [5.74, 6) is -0.124. The van der Waals surface area contributed by atoms with E-state index in [2.05, 4.69) is 6.92 Å². The number of anilines is 1. The van der Waals surface area contributed by atoms with E-state index in [9.17, 15) is 9.59 Å². The number of rotatable bonds is 4. The van der Waals surface area contributed by atoms with Crippen LogP contribution in [0.1, 0.15) is 47.0 Å². The average molecular weight is 367 g/mol. The van der Waals surface area contributed by atoms with E-state index in [1.54, 1.807) is 21.9 Å². The minimum atomic E-state index is -0.584. The summed E-state index contributed by atoms with van der Waals surface area (Å²) in [6, 6.07) is 7.18. The van der Waals surface area contributed by atoms with Crippen LogP contribution in [-0.4, -0.2) is 41.6 Å². The Hall–Kier alpha value is -1.75. The van der Waals surface area contributed by atoms with Crippen LogP contribution in [0.15, 0.2) is 24.3 Å². The average Bonchev–Trinajstić information content (AvgIpc) is 2.51. The third-order valence-electron chi connectivity index (χ3n) is 4.08. The topological polar surface area (TPSA) is 49.9 Å². The third-order valence-corrected chi connectivity index (χ3v) is 4.31. The zero-order chi connectivity index (χ0) is 18.6. The highest BCUT2D eigenvalue weighted by molar-refractivity contribution is 6.30. The Morgan fingerprint density at radius 2 is 2.08 bits per heavy atom. The molecule has 0 bridgehead atoms. The number of amides is 2. The van der Waals surface area contributed by atoms with E-state index in [4.69, 9.17) is 16.3 Å². The molecule has 1 saturated heterocycles. The predicted molar refractivity (Wildman–Crippen MR) is 100 cm³/mol. The van der Waals surface area contributed by atoms with Gasteiger partial charge in [-0.05, 0) is 45.4 Å². The second-order valence-corrected chi connectivity index (χ2v) is 7.82. The quantitative estimate of drug-likeness (QED) is 0.789. The summed E-state index contributed by atoms with van der Waals surface area (Å²) in [6.45, 7) is 8.08. The highest BCUT2D eigenvalue weighted by atomic mass is 35.5. The van der Waals surface area contributed by atoms with Gasteiger partial charge < -0.3 is 9.64 Å². The van der Waals surface area contributed by atoms with Crippen LogP contribution in [0.5, 0.6) is 0 Å². The lowest BCUT2D eigenvalue weighted by molar-refractivity contribution is -0.122. The SMILES string of the molecule is CCCC[C@H]1CN(c2cccc(Cl)c2)C(=O)CN1C(=O)OC(C)(C)C. The molecule has 5 nitrogen and oxygen atoms in total. The second kappa shape index (κ2) is 8.09. The number of hydrogen-bond donors (Lipinski definition) is 0. The van der Waals surface area contributed by atoms with Crippen LogP contribution in [0.3, 0.4) is 0 Å². The smallest absolute Gasteiger partial charge is 0.411 e. The monoisotopic (exact) mass is 366 g/mol. The molecule has 0 saturated carbocycles. The number of carbonyl (C=O) groups is 2. The Morgan fingerprint density at radius 3 is 2.68 bits per heavy atom. The summed E-state index contributed by atoms with van der Waals surface area (Å²) in [5.41, 5.74) is 0.183. The van der Waals surface area contributed by atoms with E-state index in [1.165, 1.54) is 0 Å². The molecule has 6 heteroatoms. The van der Waals surface area contributed by atoms with Crippen LogP contribution in [0.2, 0.25) is 5.02 Å². The Kier molecular flexibility index (Phi) is 6.33. The molecule has 0 N–H and O–H groups in total. The minimum absolute atomic E-state index is 0.0236. The molecular weight excluding hydrogens is 340 g/mol. The van der Waals surface area contributed by atoms with Crippen LogP contribution in [-0.2, 0) is 9.53 Å². The molecule has 1 aromatic carbocycles. The van der Waals surface area contributed by atoms with Gasteiger partial charge in [0.2, 0.25) is 5.91 Å². The molecule has 1 heterocycles. The predicted octanol–water partition coefficient (Wildman–Crippen LogP) is 4.48. The van der Waals surface area contributed by atoms with Gasteiger partial charge in [0, 0.05) is 17.3 Å². The van der Waals surface area contributed by atoms with Gasteiger partial charge in [0.25, 0.3) is 0 Å². The first kappa shape index (κ1) is 19.6. The second-order valence-electron chi connectivity index (χ2n) is 7.39. The van der Waals surface area contributed by atoms with Crippen molar-refractivity contribution in [2.75, 3.05) is 18.0 Å². The summed E-state index contributed by atoms with van der Waals surface area (Å²) >= 11 is 6.06. The van der Waals surface area contributed by atoms with Gasteiger partial charge in [-0.2, -0.15) is 0 Å². The van der Waals surface area contributed by atoms with Crippen LogP contribution >= 0.6 is 11.6 Å². The number of carbonyl (C=O) groups excluding carboxylic acids is 2. The maximum Gasteiger partial charge on any atom is 0.411 e. The standard InChI is InChI=1S/C19H27ClN2O3/c1-5-6-9-16-12-21(15-10-7-8-14(20)11-15)17(23)13-22(16)18(24)25-19(2,3)4/h7-8,10-11,16H,5-6,9,12-13H2,1-4H3/t16-/m0/s1. The summed E-state index contributed by atoms with van der Waals surface area (Å²) in [4.78, 5) is 28.5. The molecule has 1 aromatic rings. The molecule has 1 aliphatic rings. The van der Waals surface area contributed by atoms with Crippen molar-refractivity contribution >= 4 is 29.3 Å². The fourth-order valence-corrected chi connectivity index (χ4v) is 3.07. The largest absolute Gasteiger partial charge is 0.444 e.